The van der Waals surface area contributed by atoms with Gasteiger partial charge in [0.2, 0.25) is 0 Å². The largest absolute Gasteiger partial charge is 0.453 e. The van der Waals surface area contributed by atoms with E-state index >= 15 is 0 Å². The van der Waals surface area contributed by atoms with Gasteiger partial charge in [-0.3, -0.25) is 19.4 Å². The Morgan fingerprint density at radius 3 is 1.18 bits per heavy atom. The number of hydrogen-bond acceptors (Lipinski definition) is 8. The molecule has 0 radical (unpaired) electrons. The fraction of sp³-hybridized carbons (Fsp3) is 0.600. The fourth-order valence-electron chi connectivity index (χ4n) is 6.28. The highest BCUT2D eigenvalue weighted by molar-refractivity contribution is 8.27. The van der Waals surface area contributed by atoms with Crippen molar-refractivity contribution in [3.05, 3.63) is 45.6 Å². The molecule has 2 aliphatic rings. The number of unbranched alkanes of at least 4 members (excludes halogenated alkanes) is 18. The van der Waals surface area contributed by atoms with Gasteiger partial charge in [0.25, 0.3) is 11.8 Å². The first kappa shape index (κ1) is 40.6. The molecule has 10 heteroatoms. The highest BCUT2D eigenvalue weighted by Crippen LogP contribution is 2.36. The molecule has 50 heavy (non-hydrogen) atoms. The van der Waals surface area contributed by atoms with Crippen LogP contribution in [-0.4, -0.2) is 43.3 Å². The lowest BCUT2D eigenvalue weighted by Crippen LogP contribution is -2.29. The Hall–Kier alpha value is -2.14. The Morgan fingerprint density at radius 2 is 0.840 bits per heavy atom. The van der Waals surface area contributed by atoms with Crippen molar-refractivity contribution in [3.8, 4) is 11.5 Å². The molecule has 4 rings (SSSR count). The van der Waals surface area contributed by atoms with E-state index < -0.39 is 0 Å². The molecule has 4 heterocycles. The van der Waals surface area contributed by atoms with Crippen LogP contribution in [0.25, 0.3) is 23.7 Å². The Kier molecular flexibility index (Phi) is 18.5. The molecule has 274 valence electrons. The molecular weight excluding hydrogens is 701 g/mol. The van der Waals surface area contributed by atoms with Crippen LogP contribution in [0.5, 0.6) is 0 Å². The second-order valence-corrected chi connectivity index (χ2v) is 16.8. The minimum atomic E-state index is -0.0559. The third-order valence-corrected chi connectivity index (χ3v) is 12.0. The van der Waals surface area contributed by atoms with E-state index in [9.17, 15) is 9.59 Å². The Labute approximate surface area is 319 Å². The van der Waals surface area contributed by atoms with Crippen molar-refractivity contribution < 1.29 is 18.4 Å². The Bertz CT molecular complexity index is 1350. The molecule has 0 aromatic carbocycles. The van der Waals surface area contributed by atoms with Crippen LogP contribution >= 0.6 is 48.0 Å². The van der Waals surface area contributed by atoms with Crippen LogP contribution in [0.3, 0.4) is 0 Å². The summed E-state index contributed by atoms with van der Waals surface area (Å²) in [5.74, 6) is 2.10. The molecule has 0 atom stereocenters. The molecule has 0 N–H and O–H groups in total. The number of thioether (sulfide) groups is 2. The van der Waals surface area contributed by atoms with Crippen LogP contribution in [0, 0.1) is 0 Å². The Morgan fingerprint density at radius 1 is 0.520 bits per heavy atom. The number of nitrogens with zero attached hydrogens (tertiary/aromatic N) is 2. The summed E-state index contributed by atoms with van der Waals surface area (Å²) in [7, 11) is 0. The summed E-state index contributed by atoms with van der Waals surface area (Å²) in [6.07, 6.45) is 28.6. The lowest BCUT2D eigenvalue weighted by Gasteiger charge is -2.14. The normalized spacial score (nSPS) is 16.8. The summed E-state index contributed by atoms with van der Waals surface area (Å²) in [5.41, 5.74) is 0. The minimum absolute atomic E-state index is 0.0559. The average Bonchev–Trinajstić information content (AvgIpc) is 3.88. The van der Waals surface area contributed by atoms with Crippen molar-refractivity contribution in [1.82, 2.24) is 9.80 Å². The molecule has 0 aliphatic carbocycles. The van der Waals surface area contributed by atoms with Crippen LogP contribution < -0.4 is 0 Å². The zero-order chi connectivity index (χ0) is 35.6. The maximum absolute atomic E-state index is 13.1. The molecule has 0 saturated carbocycles. The number of carbonyl (C=O) groups excluding carboxylic acids is 2. The standard InChI is InChI=1S/C40H56N2O4S4/c1-3-5-7-9-11-13-15-17-19-21-27-41-37(43)35(49-39(41)47)29-31-23-25-33(45-31)34-26-24-32(46-34)30-36-38(44)42(40(48)50-36)28-22-20-18-16-14-12-10-8-6-4-2/h23-26,29-30H,3-22,27-28H2,1-2H3/b35-29-,36-30-. The molecule has 6 nitrogen and oxygen atoms in total. The van der Waals surface area contributed by atoms with Gasteiger partial charge >= 0.3 is 0 Å². The van der Waals surface area contributed by atoms with E-state index in [1.54, 1.807) is 22.0 Å². The lowest BCUT2D eigenvalue weighted by molar-refractivity contribution is -0.123. The van der Waals surface area contributed by atoms with Gasteiger partial charge in [0.15, 0.2) is 11.5 Å². The van der Waals surface area contributed by atoms with Crippen molar-refractivity contribution in [1.29, 1.82) is 0 Å². The van der Waals surface area contributed by atoms with Gasteiger partial charge in [-0.15, -0.1) is 0 Å². The summed E-state index contributed by atoms with van der Waals surface area (Å²) in [6, 6.07) is 7.30. The van der Waals surface area contributed by atoms with Gasteiger partial charge in [0.05, 0.1) is 9.81 Å². The minimum Gasteiger partial charge on any atom is -0.453 e. The quantitative estimate of drug-likeness (QED) is 0.0564. The summed E-state index contributed by atoms with van der Waals surface area (Å²) >= 11 is 13.7. The first-order valence-electron chi connectivity index (χ1n) is 19.1. The molecule has 0 bridgehead atoms. The number of rotatable bonds is 25. The summed E-state index contributed by atoms with van der Waals surface area (Å²) in [6.45, 7) is 5.83. The van der Waals surface area contributed by atoms with Crippen molar-refractivity contribution in [2.75, 3.05) is 13.1 Å². The van der Waals surface area contributed by atoms with Crippen LogP contribution in [0.4, 0.5) is 0 Å². The monoisotopic (exact) mass is 756 g/mol. The number of amides is 2. The van der Waals surface area contributed by atoms with E-state index in [4.69, 9.17) is 33.3 Å². The molecule has 2 amide bonds. The maximum atomic E-state index is 13.1. The number of carbonyl (C=O) groups is 2. The predicted molar refractivity (Wildman–Crippen MR) is 220 cm³/mol. The topological polar surface area (TPSA) is 66.9 Å². The SMILES string of the molecule is CCCCCCCCCCCCN1C(=O)/C(=C/c2ccc(-c3ccc(/C=C4\SC(=S)N(CCCCCCCCCCCC)C4=O)o3)o2)SC1=S. The molecule has 2 aromatic heterocycles. The fourth-order valence-corrected chi connectivity index (χ4v) is 8.86. The van der Waals surface area contributed by atoms with Gasteiger partial charge in [-0.05, 0) is 37.1 Å². The molecule has 2 fully saturated rings. The van der Waals surface area contributed by atoms with E-state index in [-0.39, 0.29) is 11.8 Å². The first-order chi connectivity index (χ1) is 24.4. The predicted octanol–water partition coefficient (Wildman–Crippen LogP) is 12.8. The van der Waals surface area contributed by atoms with Crippen LogP contribution in [-0.2, 0) is 9.59 Å². The Balaban J connectivity index is 1.19. The molecular formula is C40H56N2O4S4. The van der Waals surface area contributed by atoms with Gasteiger partial charge in [-0.1, -0.05) is 177 Å². The van der Waals surface area contributed by atoms with Crippen molar-refractivity contribution in [2.45, 2.75) is 142 Å². The van der Waals surface area contributed by atoms with Gasteiger partial charge in [0, 0.05) is 25.2 Å². The third-order valence-electron chi connectivity index (χ3n) is 9.26. The number of hydrogen-bond donors (Lipinski definition) is 0. The number of furan rings is 2. The summed E-state index contributed by atoms with van der Waals surface area (Å²) in [5, 5.41) is 0. The van der Waals surface area contributed by atoms with Crippen LogP contribution in [0.15, 0.2) is 42.9 Å². The van der Waals surface area contributed by atoms with Gasteiger partial charge in [0.1, 0.15) is 20.2 Å². The van der Waals surface area contributed by atoms with Crippen molar-refractivity contribution in [2.24, 2.45) is 0 Å². The number of thiocarbonyl (C=S) groups is 2. The van der Waals surface area contributed by atoms with E-state index in [0.29, 0.717) is 54.6 Å². The smallest absolute Gasteiger partial charge is 0.266 e. The molecule has 0 unspecified atom stereocenters. The van der Waals surface area contributed by atoms with Gasteiger partial charge in [-0.25, -0.2) is 0 Å². The van der Waals surface area contributed by atoms with Crippen LogP contribution in [0.1, 0.15) is 154 Å². The van der Waals surface area contributed by atoms with E-state index in [0.717, 1.165) is 25.7 Å². The van der Waals surface area contributed by atoms with E-state index in [1.807, 2.05) is 24.3 Å². The highest BCUT2D eigenvalue weighted by Gasteiger charge is 2.33. The molecule has 2 aliphatic heterocycles. The maximum Gasteiger partial charge on any atom is 0.266 e. The van der Waals surface area contributed by atoms with Crippen molar-refractivity contribution in [3.63, 3.8) is 0 Å². The van der Waals surface area contributed by atoms with E-state index in [2.05, 4.69) is 13.8 Å². The summed E-state index contributed by atoms with van der Waals surface area (Å²) < 4.78 is 13.3. The van der Waals surface area contributed by atoms with Crippen LogP contribution in [0.2, 0.25) is 0 Å². The van der Waals surface area contributed by atoms with E-state index in [1.165, 1.54) is 126 Å². The van der Waals surface area contributed by atoms with Gasteiger partial charge in [-0.2, -0.15) is 0 Å². The summed E-state index contributed by atoms with van der Waals surface area (Å²) in [4.78, 5) is 30.8. The average molecular weight is 757 g/mol. The lowest BCUT2D eigenvalue weighted by atomic mass is 10.1. The van der Waals surface area contributed by atoms with Gasteiger partial charge < -0.3 is 8.83 Å². The first-order valence-corrected chi connectivity index (χ1v) is 21.6. The second kappa shape index (κ2) is 22.7. The molecule has 2 aromatic rings. The second-order valence-electron chi connectivity index (χ2n) is 13.4. The molecule has 2 saturated heterocycles. The zero-order valence-electron chi connectivity index (χ0n) is 30.2. The third kappa shape index (κ3) is 13.1. The molecule has 0 spiro atoms. The zero-order valence-corrected chi connectivity index (χ0v) is 33.4. The van der Waals surface area contributed by atoms with Crippen molar-refractivity contribution >= 4 is 80.6 Å². The highest BCUT2D eigenvalue weighted by atomic mass is 32.2.